The Morgan fingerprint density at radius 1 is 1.32 bits per heavy atom. The van der Waals surface area contributed by atoms with E-state index in [1.807, 2.05) is 24.3 Å². The summed E-state index contributed by atoms with van der Waals surface area (Å²) in [4.78, 5) is 25.6. The molecule has 1 N–H and O–H groups in total. The van der Waals surface area contributed by atoms with Crippen LogP contribution in [0.15, 0.2) is 24.3 Å². The van der Waals surface area contributed by atoms with E-state index in [1.165, 1.54) is 0 Å². The Hall–Kier alpha value is -1.88. The number of rotatable bonds is 3. The minimum absolute atomic E-state index is 0.0957. The average Bonchev–Trinajstić information content (AvgIpc) is 2.38. The number of nitrogens with zero attached hydrogens (tertiary/aromatic N) is 1. The summed E-state index contributed by atoms with van der Waals surface area (Å²) in [5.41, 5.74) is 1.70. The molecule has 0 aromatic heterocycles. The molecule has 2 atom stereocenters. The second kappa shape index (κ2) is 5.40. The summed E-state index contributed by atoms with van der Waals surface area (Å²) in [6.07, 6.45) is 0. The van der Waals surface area contributed by atoms with E-state index >= 15 is 0 Å². The van der Waals surface area contributed by atoms with Gasteiger partial charge in [-0.1, -0.05) is 12.1 Å². The summed E-state index contributed by atoms with van der Waals surface area (Å²) in [6.45, 7) is 3.90. The van der Waals surface area contributed by atoms with Crippen molar-refractivity contribution in [1.29, 1.82) is 0 Å². The van der Waals surface area contributed by atoms with E-state index in [-0.39, 0.29) is 11.8 Å². The van der Waals surface area contributed by atoms with Gasteiger partial charge in [-0.2, -0.15) is 0 Å². The van der Waals surface area contributed by atoms with E-state index < -0.39 is 12.1 Å². The molecule has 2 unspecified atom stereocenters. The van der Waals surface area contributed by atoms with E-state index in [0.717, 1.165) is 11.3 Å². The fraction of sp³-hybridized carbons (Fsp3) is 0.429. The lowest BCUT2D eigenvalue weighted by Gasteiger charge is -2.36. The third-order valence-electron chi connectivity index (χ3n) is 3.23. The molecule has 0 saturated carbocycles. The zero-order chi connectivity index (χ0) is 14.0. The van der Waals surface area contributed by atoms with E-state index in [9.17, 15) is 9.59 Å². The van der Waals surface area contributed by atoms with Crippen molar-refractivity contribution < 1.29 is 14.3 Å². The maximum Gasteiger partial charge on any atom is 0.250 e. The molecule has 2 amide bonds. The Bertz CT molecular complexity index is 501. The topological polar surface area (TPSA) is 58.6 Å². The maximum absolute atomic E-state index is 12.2. The Morgan fingerprint density at radius 2 is 2.05 bits per heavy atom. The number of methoxy groups -OCH3 is 1. The summed E-state index contributed by atoms with van der Waals surface area (Å²) >= 11 is 0. The molecule has 1 aromatic carbocycles. The van der Waals surface area contributed by atoms with Gasteiger partial charge >= 0.3 is 0 Å². The average molecular weight is 262 g/mol. The van der Waals surface area contributed by atoms with Gasteiger partial charge in [0.15, 0.2) is 0 Å². The molecule has 0 spiro atoms. The molecule has 1 fully saturated rings. The molecule has 0 aliphatic carbocycles. The van der Waals surface area contributed by atoms with Crippen LogP contribution >= 0.6 is 0 Å². The molecule has 0 bridgehead atoms. The first-order valence-electron chi connectivity index (χ1n) is 6.26. The highest BCUT2D eigenvalue weighted by atomic mass is 16.5. The van der Waals surface area contributed by atoms with Crippen LogP contribution in [0.1, 0.15) is 19.4 Å². The number of carbonyl (C=O) groups excluding carboxylic acids is 2. The lowest BCUT2D eigenvalue weighted by Crippen LogP contribution is -2.61. The van der Waals surface area contributed by atoms with Crippen molar-refractivity contribution in [2.75, 3.05) is 12.0 Å². The molecule has 5 nitrogen and oxygen atoms in total. The van der Waals surface area contributed by atoms with E-state index in [4.69, 9.17) is 4.74 Å². The van der Waals surface area contributed by atoms with Crippen molar-refractivity contribution in [3.05, 3.63) is 29.8 Å². The summed E-state index contributed by atoms with van der Waals surface area (Å²) in [6, 6.07) is 6.51. The van der Waals surface area contributed by atoms with Gasteiger partial charge in [0.1, 0.15) is 12.1 Å². The smallest absolute Gasteiger partial charge is 0.250 e. The molecule has 102 valence electrons. The first-order valence-corrected chi connectivity index (χ1v) is 6.26. The van der Waals surface area contributed by atoms with Crippen LogP contribution in [0.2, 0.25) is 0 Å². The summed E-state index contributed by atoms with van der Waals surface area (Å²) in [7, 11) is 1.62. The Balaban J connectivity index is 2.35. The van der Waals surface area contributed by atoms with Crippen molar-refractivity contribution in [3.8, 4) is 0 Å². The molecule has 0 radical (unpaired) electrons. The molecule has 2 rings (SSSR count). The first kappa shape index (κ1) is 13.5. The van der Waals surface area contributed by atoms with Gasteiger partial charge in [-0.3, -0.25) is 14.5 Å². The molecule has 5 heteroatoms. The highest BCUT2D eigenvalue weighted by molar-refractivity contribution is 6.08. The third-order valence-corrected chi connectivity index (χ3v) is 3.23. The molecule has 1 heterocycles. The van der Waals surface area contributed by atoms with Crippen molar-refractivity contribution in [2.45, 2.75) is 32.5 Å². The summed E-state index contributed by atoms with van der Waals surface area (Å²) < 4.78 is 5.08. The standard InChI is InChI=1S/C14H18N2O3/c1-9-14(18)16(10(2)13(17)15-9)12-6-4-5-11(7-12)8-19-3/h4-7,9-10H,8H2,1-3H3,(H,15,17). The predicted octanol–water partition coefficient (Wildman–Crippen LogP) is 1.07. The van der Waals surface area contributed by atoms with Gasteiger partial charge in [-0.25, -0.2) is 0 Å². The van der Waals surface area contributed by atoms with Crippen molar-refractivity contribution >= 4 is 17.5 Å². The van der Waals surface area contributed by atoms with Gasteiger partial charge < -0.3 is 10.1 Å². The second-order valence-electron chi connectivity index (χ2n) is 4.72. The zero-order valence-corrected chi connectivity index (χ0v) is 11.3. The molecule has 19 heavy (non-hydrogen) atoms. The van der Waals surface area contributed by atoms with Crippen molar-refractivity contribution in [3.63, 3.8) is 0 Å². The minimum Gasteiger partial charge on any atom is -0.380 e. The number of benzene rings is 1. The van der Waals surface area contributed by atoms with Crippen LogP contribution in [-0.4, -0.2) is 31.0 Å². The van der Waals surface area contributed by atoms with Crippen LogP contribution in [0.3, 0.4) is 0 Å². The van der Waals surface area contributed by atoms with E-state index in [1.54, 1.807) is 25.9 Å². The number of carbonyl (C=O) groups is 2. The van der Waals surface area contributed by atoms with Gasteiger partial charge in [-0.05, 0) is 31.5 Å². The highest BCUT2D eigenvalue weighted by Gasteiger charge is 2.36. The van der Waals surface area contributed by atoms with Crippen LogP contribution in [0.25, 0.3) is 0 Å². The third kappa shape index (κ3) is 2.61. The second-order valence-corrected chi connectivity index (χ2v) is 4.72. The lowest BCUT2D eigenvalue weighted by atomic mass is 10.1. The largest absolute Gasteiger partial charge is 0.380 e. The molecule has 1 aliphatic rings. The van der Waals surface area contributed by atoms with Gasteiger partial charge in [-0.15, -0.1) is 0 Å². The lowest BCUT2D eigenvalue weighted by molar-refractivity contribution is -0.133. The minimum atomic E-state index is -0.499. The Morgan fingerprint density at radius 3 is 2.74 bits per heavy atom. The molecular weight excluding hydrogens is 244 g/mol. The first-order chi connectivity index (χ1) is 9.04. The predicted molar refractivity (Wildman–Crippen MR) is 71.7 cm³/mol. The number of piperazine rings is 1. The monoisotopic (exact) mass is 262 g/mol. The summed E-state index contributed by atoms with van der Waals surface area (Å²) in [5.74, 6) is -0.231. The van der Waals surface area contributed by atoms with Gasteiger partial charge in [0.25, 0.3) is 0 Å². The SMILES string of the molecule is COCc1cccc(N2C(=O)C(C)NC(=O)C2C)c1. The Labute approximate surface area is 112 Å². The fourth-order valence-corrected chi connectivity index (χ4v) is 2.23. The number of hydrogen-bond donors (Lipinski definition) is 1. The zero-order valence-electron chi connectivity index (χ0n) is 11.3. The van der Waals surface area contributed by atoms with E-state index in [2.05, 4.69) is 5.32 Å². The number of amides is 2. The van der Waals surface area contributed by atoms with Crippen LogP contribution in [0.4, 0.5) is 5.69 Å². The number of anilines is 1. The molecule has 1 saturated heterocycles. The van der Waals surface area contributed by atoms with Crippen LogP contribution < -0.4 is 10.2 Å². The molecular formula is C14H18N2O3. The van der Waals surface area contributed by atoms with Crippen molar-refractivity contribution in [1.82, 2.24) is 5.32 Å². The van der Waals surface area contributed by atoms with Gasteiger partial charge in [0, 0.05) is 12.8 Å². The van der Waals surface area contributed by atoms with Crippen molar-refractivity contribution in [2.24, 2.45) is 0 Å². The van der Waals surface area contributed by atoms with Gasteiger partial charge in [0.2, 0.25) is 11.8 Å². The summed E-state index contributed by atoms with van der Waals surface area (Å²) in [5, 5.41) is 2.66. The van der Waals surface area contributed by atoms with E-state index in [0.29, 0.717) is 6.61 Å². The number of nitrogens with one attached hydrogen (secondary N) is 1. The maximum atomic E-state index is 12.2. The number of hydrogen-bond acceptors (Lipinski definition) is 3. The Kier molecular flexibility index (Phi) is 3.85. The highest BCUT2D eigenvalue weighted by Crippen LogP contribution is 2.22. The molecule has 1 aromatic rings. The van der Waals surface area contributed by atoms with Crippen LogP contribution in [0, 0.1) is 0 Å². The number of ether oxygens (including phenoxy) is 1. The van der Waals surface area contributed by atoms with Crippen LogP contribution in [0.5, 0.6) is 0 Å². The molecule has 1 aliphatic heterocycles. The van der Waals surface area contributed by atoms with Crippen LogP contribution in [-0.2, 0) is 20.9 Å². The quantitative estimate of drug-likeness (QED) is 0.886. The normalized spacial score (nSPS) is 23.4. The fourth-order valence-electron chi connectivity index (χ4n) is 2.23. The van der Waals surface area contributed by atoms with Gasteiger partial charge in [0.05, 0.1) is 6.61 Å².